The fourth-order valence-electron chi connectivity index (χ4n) is 1.55. The van der Waals surface area contributed by atoms with Gasteiger partial charge in [0.1, 0.15) is 0 Å². The molecule has 1 unspecified atom stereocenters. The van der Waals surface area contributed by atoms with Crippen LogP contribution in [0.15, 0.2) is 6.20 Å². The van der Waals surface area contributed by atoms with E-state index in [-0.39, 0.29) is 5.92 Å². The van der Waals surface area contributed by atoms with Crippen molar-refractivity contribution in [1.82, 2.24) is 9.78 Å². The molecule has 17 heavy (non-hydrogen) atoms. The predicted octanol–water partition coefficient (Wildman–Crippen LogP) is 2.36. The summed E-state index contributed by atoms with van der Waals surface area (Å²) in [5, 5.41) is 17.9. The first-order chi connectivity index (χ1) is 7.74. The molecule has 4 nitrogen and oxygen atoms in total. The largest absolute Gasteiger partial charge is 0.388 e. The number of aromatic nitrogens is 2. The van der Waals surface area contributed by atoms with E-state index < -0.39 is 5.60 Å². The number of hydrogen-bond donors (Lipinski definition) is 2. The van der Waals surface area contributed by atoms with Crippen molar-refractivity contribution in [3.8, 4) is 0 Å². The molecule has 0 radical (unpaired) electrons. The zero-order valence-corrected chi connectivity index (χ0v) is 11.8. The number of hydrogen-bond acceptors (Lipinski definition) is 3. The third-order valence-electron chi connectivity index (χ3n) is 3.28. The summed E-state index contributed by atoms with van der Waals surface area (Å²) in [6, 6.07) is 0. The molecule has 0 saturated carbocycles. The Hall–Kier alpha value is -1.03. The van der Waals surface area contributed by atoms with Crippen LogP contribution in [-0.2, 0) is 7.05 Å². The molecule has 2 N–H and O–H groups in total. The topological polar surface area (TPSA) is 50.1 Å². The van der Waals surface area contributed by atoms with Gasteiger partial charge in [0.05, 0.1) is 17.0 Å². The summed E-state index contributed by atoms with van der Waals surface area (Å²) in [5.74, 6) is 0.594. The highest BCUT2D eigenvalue weighted by Crippen LogP contribution is 2.24. The van der Waals surface area contributed by atoms with Gasteiger partial charge >= 0.3 is 0 Å². The van der Waals surface area contributed by atoms with Crippen LogP contribution in [0.5, 0.6) is 0 Å². The van der Waals surface area contributed by atoms with Gasteiger partial charge in [0.2, 0.25) is 0 Å². The molecule has 1 atom stereocenters. The summed E-state index contributed by atoms with van der Waals surface area (Å²) >= 11 is 0. The SMILES string of the molecule is CC(C)c1nn(C)cc1NCC(C)(O)C(C)C. The van der Waals surface area contributed by atoms with E-state index in [2.05, 4.69) is 24.3 Å². The molecule has 0 bridgehead atoms. The van der Waals surface area contributed by atoms with Crippen LogP contribution in [-0.4, -0.2) is 27.0 Å². The quantitative estimate of drug-likeness (QED) is 0.829. The fraction of sp³-hybridized carbons (Fsp3) is 0.769. The summed E-state index contributed by atoms with van der Waals surface area (Å²) < 4.78 is 1.81. The molecule has 0 amide bonds. The molecule has 98 valence electrons. The number of rotatable bonds is 5. The minimum atomic E-state index is -0.704. The first-order valence-corrected chi connectivity index (χ1v) is 6.24. The molecule has 0 fully saturated rings. The predicted molar refractivity (Wildman–Crippen MR) is 71.2 cm³/mol. The Morgan fingerprint density at radius 2 is 2.00 bits per heavy atom. The molecule has 0 aromatic carbocycles. The summed E-state index contributed by atoms with van der Waals surface area (Å²) in [6.45, 7) is 10.7. The Labute approximate surface area is 104 Å². The van der Waals surface area contributed by atoms with Crippen LogP contribution in [0.1, 0.15) is 46.2 Å². The summed E-state index contributed by atoms with van der Waals surface area (Å²) in [7, 11) is 1.91. The number of anilines is 1. The average Bonchev–Trinajstić information content (AvgIpc) is 2.56. The van der Waals surface area contributed by atoms with Gasteiger partial charge in [0.15, 0.2) is 0 Å². The van der Waals surface area contributed by atoms with Gasteiger partial charge in [0, 0.05) is 19.8 Å². The monoisotopic (exact) mass is 239 g/mol. The standard InChI is InChI=1S/C13H25N3O/c1-9(2)12-11(7-16(6)15-12)14-8-13(5,17)10(3)4/h7,9-10,14,17H,8H2,1-6H3. The van der Waals surface area contributed by atoms with Gasteiger partial charge in [-0.05, 0) is 18.8 Å². The second kappa shape index (κ2) is 5.08. The van der Waals surface area contributed by atoms with Gasteiger partial charge in [-0.25, -0.2) is 0 Å². The maximum atomic E-state index is 10.2. The van der Waals surface area contributed by atoms with Gasteiger partial charge in [-0.15, -0.1) is 0 Å². The van der Waals surface area contributed by atoms with E-state index in [1.54, 1.807) is 0 Å². The number of aryl methyl sites for hydroxylation is 1. The van der Waals surface area contributed by atoms with E-state index in [1.165, 1.54) is 0 Å². The van der Waals surface area contributed by atoms with E-state index >= 15 is 0 Å². The van der Waals surface area contributed by atoms with Crippen molar-refractivity contribution in [2.45, 2.75) is 46.1 Å². The maximum absolute atomic E-state index is 10.2. The fourth-order valence-corrected chi connectivity index (χ4v) is 1.55. The molecular formula is C13H25N3O. The van der Waals surface area contributed by atoms with Crippen LogP contribution < -0.4 is 5.32 Å². The Balaban J connectivity index is 2.76. The van der Waals surface area contributed by atoms with Crippen molar-refractivity contribution in [3.05, 3.63) is 11.9 Å². The van der Waals surface area contributed by atoms with E-state index in [1.807, 2.05) is 38.7 Å². The summed E-state index contributed by atoms with van der Waals surface area (Å²) in [6.07, 6.45) is 1.96. The Morgan fingerprint density at radius 3 is 2.47 bits per heavy atom. The molecule has 1 heterocycles. The van der Waals surface area contributed by atoms with Gasteiger partial charge in [-0.2, -0.15) is 5.10 Å². The smallest absolute Gasteiger partial charge is 0.0881 e. The molecule has 1 rings (SSSR count). The third-order valence-corrected chi connectivity index (χ3v) is 3.28. The van der Waals surface area contributed by atoms with Crippen molar-refractivity contribution in [2.24, 2.45) is 13.0 Å². The van der Waals surface area contributed by atoms with Crippen molar-refractivity contribution < 1.29 is 5.11 Å². The Morgan fingerprint density at radius 1 is 1.41 bits per heavy atom. The molecule has 0 aliphatic rings. The van der Waals surface area contributed by atoms with Crippen LogP contribution in [0.25, 0.3) is 0 Å². The van der Waals surface area contributed by atoms with E-state index in [0.717, 1.165) is 11.4 Å². The Kier molecular flexibility index (Phi) is 4.20. The molecule has 0 aliphatic heterocycles. The molecular weight excluding hydrogens is 214 g/mol. The third kappa shape index (κ3) is 3.46. The average molecular weight is 239 g/mol. The highest BCUT2D eigenvalue weighted by Gasteiger charge is 2.25. The number of nitrogens with zero attached hydrogens (tertiary/aromatic N) is 2. The van der Waals surface area contributed by atoms with Crippen molar-refractivity contribution in [2.75, 3.05) is 11.9 Å². The summed E-state index contributed by atoms with van der Waals surface area (Å²) in [5.41, 5.74) is 1.36. The molecule has 0 spiro atoms. The molecule has 1 aromatic heterocycles. The lowest BCUT2D eigenvalue weighted by molar-refractivity contribution is 0.0266. The summed E-state index contributed by atoms with van der Waals surface area (Å²) in [4.78, 5) is 0. The lowest BCUT2D eigenvalue weighted by Crippen LogP contribution is -2.38. The minimum absolute atomic E-state index is 0.217. The molecule has 0 saturated heterocycles. The minimum Gasteiger partial charge on any atom is -0.388 e. The highest BCUT2D eigenvalue weighted by molar-refractivity contribution is 5.48. The van der Waals surface area contributed by atoms with Crippen molar-refractivity contribution >= 4 is 5.69 Å². The van der Waals surface area contributed by atoms with Crippen LogP contribution >= 0.6 is 0 Å². The van der Waals surface area contributed by atoms with E-state index in [0.29, 0.717) is 12.5 Å². The van der Waals surface area contributed by atoms with Crippen molar-refractivity contribution in [1.29, 1.82) is 0 Å². The van der Waals surface area contributed by atoms with E-state index in [4.69, 9.17) is 0 Å². The zero-order valence-electron chi connectivity index (χ0n) is 11.8. The van der Waals surface area contributed by atoms with Gasteiger partial charge < -0.3 is 10.4 Å². The first kappa shape index (κ1) is 14.0. The second-order valence-electron chi connectivity index (χ2n) is 5.62. The van der Waals surface area contributed by atoms with E-state index in [9.17, 15) is 5.11 Å². The normalized spacial score (nSPS) is 15.4. The number of aliphatic hydroxyl groups is 1. The molecule has 4 heteroatoms. The maximum Gasteiger partial charge on any atom is 0.0881 e. The van der Waals surface area contributed by atoms with Gasteiger partial charge in [-0.3, -0.25) is 4.68 Å². The van der Waals surface area contributed by atoms with Gasteiger partial charge in [-0.1, -0.05) is 27.7 Å². The molecule has 1 aromatic rings. The number of nitrogens with one attached hydrogen (secondary N) is 1. The van der Waals surface area contributed by atoms with Gasteiger partial charge in [0.25, 0.3) is 0 Å². The van der Waals surface area contributed by atoms with Crippen LogP contribution in [0.2, 0.25) is 0 Å². The van der Waals surface area contributed by atoms with Crippen molar-refractivity contribution in [3.63, 3.8) is 0 Å². The second-order valence-corrected chi connectivity index (χ2v) is 5.62. The highest BCUT2D eigenvalue weighted by atomic mass is 16.3. The van der Waals surface area contributed by atoms with Crippen LogP contribution in [0, 0.1) is 5.92 Å². The lowest BCUT2D eigenvalue weighted by Gasteiger charge is -2.28. The lowest BCUT2D eigenvalue weighted by atomic mass is 9.92. The zero-order chi connectivity index (χ0) is 13.2. The van der Waals surface area contributed by atoms with Crippen LogP contribution in [0.3, 0.4) is 0 Å². The van der Waals surface area contributed by atoms with Crippen LogP contribution in [0.4, 0.5) is 5.69 Å². The first-order valence-electron chi connectivity index (χ1n) is 6.24. The molecule has 0 aliphatic carbocycles. The Bertz CT molecular complexity index is 367.